The van der Waals surface area contributed by atoms with Crippen LogP contribution in [0.5, 0.6) is 5.75 Å². The van der Waals surface area contributed by atoms with Gasteiger partial charge in [-0.25, -0.2) is 4.98 Å². The van der Waals surface area contributed by atoms with E-state index in [1.807, 2.05) is 22.7 Å². The molecule has 0 aromatic carbocycles. The van der Waals surface area contributed by atoms with Gasteiger partial charge in [0.1, 0.15) is 11.4 Å². The Morgan fingerprint density at radius 1 is 1.62 bits per heavy atom. The number of pyridine rings is 1. The third-order valence-corrected chi connectivity index (χ3v) is 1.98. The van der Waals surface area contributed by atoms with E-state index >= 15 is 0 Å². The number of imidazole rings is 1. The van der Waals surface area contributed by atoms with E-state index in [0.717, 1.165) is 23.5 Å². The number of aromatic nitrogens is 2. The zero-order valence-corrected chi connectivity index (χ0v) is 7.74. The van der Waals surface area contributed by atoms with E-state index in [-0.39, 0.29) is 0 Å². The molecule has 2 rings (SSSR count). The van der Waals surface area contributed by atoms with Gasteiger partial charge in [0.2, 0.25) is 0 Å². The second kappa shape index (κ2) is 3.09. The van der Waals surface area contributed by atoms with Gasteiger partial charge in [-0.15, -0.1) is 0 Å². The third kappa shape index (κ3) is 1.37. The third-order valence-electron chi connectivity index (χ3n) is 1.98. The van der Waals surface area contributed by atoms with E-state index in [0.29, 0.717) is 0 Å². The predicted molar refractivity (Wildman–Crippen MR) is 50.0 cm³/mol. The van der Waals surface area contributed by atoms with E-state index in [9.17, 15) is 0 Å². The van der Waals surface area contributed by atoms with Gasteiger partial charge in [0, 0.05) is 12.3 Å². The van der Waals surface area contributed by atoms with E-state index in [1.165, 1.54) is 0 Å². The molecule has 0 bridgehead atoms. The molecule has 0 amide bonds. The molecule has 2 aromatic heterocycles. The molecule has 0 saturated heterocycles. The summed E-state index contributed by atoms with van der Waals surface area (Å²) >= 11 is 0. The fourth-order valence-corrected chi connectivity index (χ4v) is 1.24. The summed E-state index contributed by atoms with van der Waals surface area (Å²) in [4.78, 5) is 4.37. The Morgan fingerprint density at radius 2 is 2.46 bits per heavy atom. The lowest BCUT2D eigenvalue weighted by atomic mass is 10.4. The van der Waals surface area contributed by atoms with Crippen LogP contribution in [-0.2, 0) is 6.42 Å². The second-order valence-electron chi connectivity index (χ2n) is 2.82. The zero-order valence-electron chi connectivity index (χ0n) is 7.74. The molecule has 3 heteroatoms. The highest BCUT2D eigenvalue weighted by Crippen LogP contribution is 2.13. The molecule has 0 aliphatic carbocycles. The predicted octanol–water partition coefficient (Wildman–Crippen LogP) is 1.71. The highest BCUT2D eigenvalue weighted by Gasteiger charge is 2.00. The van der Waals surface area contributed by atoms with Gasteiger partial charge in [0.25, 0.3) is 0 Å². The average Bonchev–Trinajstić information content (AvgIpc) is 2.58. The first-order chi connectivity index (χ1) is 6.33. The number of aryl methyl sites for hydroxylation is 1. The molecule has 0 N–H and O–H groups in total. The summed E-state index contributed by atoms with van der Waals surface area (Å²) in [5.74, 6) is 0.828. The fraction of sp³-hybridized carbons (Fsp3) is 0.300. The van der Waals surface area contributed by atoms with E-state index in [2.05, 4.69) is 18.1 Å². The van der Waals surface area contributed by atoms with Crippen LogP contribution in [-0.4, -0.2) is 16.5 Å². The van der Waals surface area contributed by atoms with Crippen LogP contribution in [0.4, 0.5) is 0 Å². The maximum atomic E-state index is 5.10. The molecule has 67 valence electrons. The molecule has 0 aliphatic heterocycles. The number of methoxy groups -OCH3 is 1. The summed E-state index contributed by atoms with van der Waals surface area (Å²) in [6.45, 7) is 2.06. The van der Waals surface area contributed by atoms with E-state index < -0.39 is 0 Å². The van der Waals surface area contributed by atoms with Crippen LogP contribution in [0.15, 0.2) is 18.3 Å². The molecular formula is C10H11N2O. The summed E-state index contributed by atoms with van der Waals surface area (Å²) in [7, 11) is 1.65. The molecule has 0 aliphatic rings. The van der Waals surface area contributed by atoms with Gasteiger partial charge in [-0.05, 0) is 12.5 Å². The molecule has 0 unspecified atom stereocenters. The minimum Gasteiger partial charge on any atom is -0.497 e. The number of ether oxygens (including phenoxy) is 1. The highest BCUT2D eigenvalue weighted by molar-refractivity contribution is 5.45. The molecule has 0 atom stereocenters. The number of hydrogen-bond donors (Lipinski definition) is 0. The van der Waals surface area contributed by atoms with Crippen molar-refractivity contribution in [2.75, 3.05) is 7.11 Å². The van der Waals surface area contributed by atoms with Crippen LogP contribution in [0, 0.1) is 6.20 Å². The van der Waals surface area contributed by atoms with Crippen LogP contribution in [0.25, 0.3) is 5.65 Å². The standard InChI is InChI=1S/C10H11N2O/c1-3-8-7-12-5-4-9(13-2)6-10(12)11-8/h4-6H,3H2,1-2H3. The van der Waals surface area contributed by atoms with Crippen molar-refractivity contribution >= 4 is 5.65 Å². The molecule has 1 radical (unpaired) electrons. The maximum Gasteiger partial charge on any atom is 0.141 e. The van der Waals surface area contributed by atoms with Crippen molar-refractivity contribution in [2.45, 2.75) is 13.3 Å². The molecule has 2 aromatic rings. The van der Waals surface area contributed by atoms with Gasteiger partial charge in [-0.1, -0.05) is 6.92 Å². The quantitative estimate of drug-likeness (QED) is 0.694. The lowest BCUT2D eigenvalue weighted by Crippen LogP contribution is -1.86. The highest BCUT2D eigenvalue weighted by atomic mass is 16.5. The normalized spacial score (nSPS) is 10.6. The van der Waals surface area contributed by atoms with Crippen LogP contribution in [0.1, 0.15) is 12.6 Å². The number of fused-ring (bicyclic) bond motifs is 1. The van der Waals surface area contributed by atoms with E-state index in [1.54, 1.807) is 7.11 Å². The lowest BCUT2D eigenvalue weighted by molar-refractivity contribution is 0.414. The monoisotopic (exact) mass is 175 g/mol. The molecule has 0 saturated carbocycles. The first kappa shape index (κ1) is 8.10. The summed E-state index contributed by atoms with van der Waals surface area (Å²) in [5, 5.41) is 0. The van der Waals surface area contributed by atoms with Crippen molar-refractivity contribution in [3.05, 3.63) is 30.2 Å². The minimum absolute atomic E-state index is 0.828. The van der Waals surface area contributed by atoms with Gasteiger partial charge in [0.05, 0.1) is 19.0 Å². The van der Waals surface area contributed by atoms with Gasteiger partial charge in [0.15, 0.2) is 0 Å². The van der Waals surface area contributed by atoms with Gasteiger partial charge in [-0.3, -0.25) is 4.40 Å². The molecule has 0 spiro atoms. The van der Waals surface area contributed by atoms with Gasteiger partial charge in [-0.2, -0.15) is 0 Å². The molecular weight excluding hydrogens is 164 g/mol. The van der Waals surface area contributed by atoms with Crippen molar-refractivity contribution in [1.82, 2.24) is 9.38 Å². The zero-order chi connectivity index (χ0) is 9.26. The Bertz CT molecular complexity index is 418. The largest absolute Gasteiger partial charge is 0.497 e. The Labute approximate surface area is 77.0 Å². The van der Waals surface area contributed by atoms with Crippen LogP contribution < -0.4 is 4.74 Å². The minimum atomic E-state index is 0.828. The number of hydrogen-bond acceptors (Lipinski definition) is 2. The van der Waals surface area contributed by atoms with Crippen LogP contribution in [0.3, 0.4) is 0 Å². The molecule has 3 nitrogen and oxygen atoms in total. The van der Waals surface area contributed by atoms with Gasteiger partial charge < -0.3 is 4.74 Å². The Morgan fingerprint density at radius 3 is 3.15 bits per heavy atom. The smallest absolute Gasteiger partial charge is 0.141 e. The number of rotatable bonds is 2. The van der Waals surface area contributed by atoms with Crippen molar-refractivity contribution < 1.29 is 4.74 Å². The Balaban J connectivity index is 2.57. The molecule has 13 heavy (non-hydrogen) atoms. The average molecular weight is 175 g/mol. The fourth-order valence-electron chi connectivity index (χ4n) is 1.24. The molecule has 0 fully saturated rings. The topological polar surface area (TPSA) is 26.5 Å². The van der Waals surface area contributed by atoms with Crippen LogP contribution in [0.2, 0.25) is 0 Å². The first-order valence-electron chi connectivity index (χ1n) is 4.28. The van der Waals surface area contributed by atoms with Crippen LogP contribution >= 0.6 is 0 Å². The first-order valence-corrected chi connectivity index (χ1v) is 4.28. The van der Waals surface area contributed by atoms with Crippen molar-refractivity contribution in [2.24, 2.45) is 0 Å². The van der Waals surface area contributed by atoms with Gasteiger partial charge >= 0.3 is 0 Å². The number of nitrogens with zero attached hydrogens (tertiary/aromatic N) is 2. The van der Waals surface area contributed by atoms with E-state index in [4.69, 9.17) is 4.74 Å². The summed E-state index contributed by atoms with van der Waals surface area (Å²) in [6, 6.07) is 3.79. The van der Waals surface area contributed by atoms with Crippen molar-refractivity contribution in [3.8, 4) is 5.75 Å². The van der Waals surface area contributed by atoms with Crippen molar-refractivity contribution in [3.63, 3.8) is 0 Å². The Hall–Kier alpha value is -1.51. The summed E-state index contributed by atoms with van der Waals surface area (Å²) in [6.07, 6.45) is 5.96. The summed E-state index contributed by atoms with van der Waals surface area (Å²) in [5.41, 5.74) is 1.87. The maximum absolute atomic E-state index is 5.10. The SMILES string of the molecule is CCc1[c]n2ccc(OC)cc2n1. The van der Waals surface area contributed by atoms with Crippen molar-refractivity contribution in [1.29, 1.82) is 0 Å². The summed E-state index contributed by atoms with van der Waals surface area (Å²) < 4.78 is 6.97. The lowest BCUT2D eigenvalue weighted by Gasteiger charge is -1.98. The molecule has 2 heterocycles. The Kier molecular flexibility index (Phi) is 1.93. The second-order valence-corrected chi connectivity index (χ2v) is 2.82.